The van der Waals surface area contributed by atoms with E-state index in [2.05, 4.69) is 23.3 Å². The van der Waals surface area contributed by atoms with Crippen molar-refractivity contribution in [1.29, 1.82) is 0 Å². The number of likely N-dealkylation sites (tertiary alicyclic amines) is 1. The molecule has 1 fully saturated rings. The minimum Gasteiger partial charge on any atom is -0.335 e. The van der Waals surface area contributed by atoms with Crippen LogP contribution in [0.25, 0.3) is 0 Å². The van der Waals surface area contributed by atoms with Gasteiger partial charge in [0.25, 0.3) is 5.91 Å². The standard InChI is InChI=1S/C18H25N5O/c1-13-10-19-23(11-13)14-6-5-9-22(12-14)18(24)17-15-7-3-4-8-16(15)21(2)20-17/h10-11,14H,3-9,12H2,1-2H3. The predicted molar refractivity (Wildman–Crippen MR) is 91.0 cm³/mol. The van der Waals surface area contributed by atoms with Gasteiger partial charge in [-0.3, -0.25) is 14.2 Å². The normalized spacial score (nSPS) is 20.9. The van der Waals surface area contributed by atoms with E-state index in [1.807, 2.05) is 27.5 Å². The number of hydrogen-bond acceptors (Lipinski definition) is 3. The summed E-state index contributed by atoms with van der Waals surface area (Å²) >= 11 is 0. The summed E-state index contributed by atoms with van der Waals surface area (Å²) in [5.41, 5.74) is 4.29. The van der Waals surface area contributed by atoms with E-state index in [-0.39, 0.29) is 11.9 Å². The molecule has 24 heavy (non-hydrogen) atoms. The van der Waals surface area contributed by atoms with E-state index in [9.17, 15) is 4.79 Å². The van der Waals surface area contributed by atoms with Gasteiger partial charge in [0.2, 0.25) is 0 Å². The maximum atomic E-state index is 13.1. The first kappa shape index (κ1) is 15.4. The summed E-state index contributed by atoms with van der Waals surface area (Å²) in [6.45, 7) is 3.60. The molecule has 0 N–H and O–H groups in total. The molecule has 1 aliphatic carbocycles. The average molecular weight is 327 g/mol. The molecule has 0 radical (unpaired) electrons. The summed E-state index contributed by atoms with van der Waals surface area (Å²) in [6.07, 6.45) is 10.4. The van der Waals surface area contributed by atoms with Crippen LogP contribution < -0.4 is 0 Å². The van der Waals surface area contributed by atoms with Crippen molar-refractivity contribution in [2.75, 3.05) is 13.1 Å². The van der Waals surface area contributed by atoms with Crippen LogP contribution in [-0.4, -0.2) is 43.5 Å². The molecule has 4 rings (SSSR count). The van der Waals surface area contributed by atoms with Gasteiger partial charge in [-0.05, 0) is 51.0 Å². The molecule has 2 aromatic heterocycles. The van der Waals surface area contributed by atoms with Crippen molar-refractivity contribution in [3.8, 4) is 0 Å². The monoisotopic (exact) mass is 327 g/mol. The highest BCUT2D eigenvalue weighted by Crippen LogP contribution is 2.27. The number of fused-ring (bicyclic) bond motifs is 1. The quantitative estimate of drug-likeness (QED) is 0.850. The van der Waals surface area contributed by atoms with Gasteiger partial charge in [-0.2, -0.15) is 10.2 Å². The van der Waals surface area contributed by atoms with Crippen LogP contribution in [-0.2, 0) is 19.9 Å². The van der Waals surface area contributed by atoms with Crippen LogP contribution in [0, 0.1) is 6.92 Å². The molecule has 1 unspecified atom stereocenters. The second-order valence-electron chi connectivity index (χ2n) is 7.15. The minimum absolute atomic E-state index is 0.0994. The molecule has 3 heterocycles. The highest BCUT2D eigenvalue weighted by atomic mass is 16.2. The highest BCUT2D eigenvalue weighted by molar-refractivity contribution is 5.94. The number of rotatable bonds is 2. The molecule has 0 bridgehead atoms. The van der Waals surface area contributed by atoms with Gasteiger partial charge >= 0.3 is 0 Å². The zero-order valence-electron chi connectivity index (χ0n) is 14.5. The smallest absolute Gasteiger partial charge is 0.274 e. The van der Waals surface area contributed by atoms with E-state index in [1.54, 1.807) is 0 Å². The number of hydrogen-bond donors (Lipinski definition) is 0. The number of carbonyl (C=O) groups excluding carboxylic acids is 1. The number of aryl methyl sites for hydroxylation is 2. The van der Waals surface area contributed by atoms with Crippen LogP contribution >= 0.6 is 0 Å². The van der Waals surface area contributed by atoms with Gasteiger partial charge in [0.05, 0.1) is 12.2 Å². The third-order valence-corrected chi connectivity index (χ3v) is 5.36. The summed E-state index contributed by atoms with van der Waals surface area (Å²) < 4.78 is 3.93. The molecule has 1 saturated heterocycles. The minimum atomic E-state index is 0.0994. The third kappa shape index (κ3) is 2.64. The lowest BCUT2D eigenvalue weighted by Gasteiger charge is -2.32. The molecule has 6 nitrogen and oxygen atoms in total. The second-order valence-corrected chi connectivity index (χ2v) is 7.15. The first-order valence-electron chi connectivity index (χ1n) is 8.98. The van der Waals surface area contributed by atoms with Crippen LogP contribution in [0.15, 0.2) is 12.4 Å². The Kier molecular flexibility index (Phi) is 3.90. The lowest BCUT2D eigenvalue weighted by molar-refractivity contribution is 0.0665. The van der Waals surface area contributed by atoms with Crippen molar-refractivity contribution in [2.45, 2.75) is 51.5 Å². The number of aromatic nitrogens is 4. The van der Waals surface area contributed by atoms with Crippen molar-refractivity contribution in [3.63, 3.8) is 0 Å². The van der Waals surface area contributed by atoms with Crippen molar-refractivity contribution in [1.82, 2.24) is 24.5 Å². The van der Waals surface area contributed by atoms with Crippen molar-refractivity contribution in [2.24, 2.45) is 7.05 Å². The second kappa shape index (κ2) is 6.07. The lowest BCUT2D eigenvalue weighted by atomic mass is 9.95. The predicted octanol–water partition coefficient (Wildman–Crippen LogP) is 2.28. The fourth-order valence-corrected chi connectivity index (χ4v) is 4.08. The molecular weight excluding hydrogens is 302 g/mol. The Bertz CT molecular complexity index is 760. The van der Waals surface area contributed by atoms with E-state index < -0.39 is 0 Å². The molecule has 6 heteroatoms. The molecule has 0 aromatic carbocycles. The topological polar surface area (TPSA) is 56.0 Å². The Morgan fingerprint density at radius 3 is 2.88 bits per heavy atom. The van der Waals surface area contributed by atoms with E-state index in [0.29, 0.717) is 5.69 Å². The number of amides is 1. The summed E-state index contributed by atoms with van der Waals surface area (Å²) in [4.78, 5) is 15.1. The van der Waals surface area contributed by atoms with Crippen LogP contribution in [0.1, 0.15) is 59.0 Å². The Balaban J connectivity index is 1.56. The molecule has 0 spiro atoms. The molecule has 1 atom stereocenters. The third-order valence-electron chi connectivity index (χ3n) is 5.36. The molecule has 1 amide bonds. The fraction of sp³-hybridized carbons (Fsp3) is 0.611. The van der Waals surface area contributed by atoms with Crippen molar-refractivity contribution in [3.05, 3.63) is 34.9 Å². The van der Waals surface area contributed by atoms with Gasteiger partial charge in [-0.15, -0.1) is 0 Å². The van der Waals surface area contributed by atoms with Gasteiger partial charge in [-0.1, -0.05) is 0 Å². The summed E-state index contributed by atoms with van der Waals surface area (Å²) in [5.74, 6) is 0.0994. The zero-order valence-corrected chi connectivity index (χ0v) is 14.5. The SMILES string of the molecule is Cc1cnn(C2CCCN(C(=O)c3nn(C)c4c3CCCC4)C2)c1. The van der Waals surface area contributed by atoms with Gasteiger partial charge in [0, 0.05) is 37.6 Å². The van der Waals surface area contributed by atoms with E-state index >= 15 is 0 Å². The Labute approximate surface area is 142 Å². The number of carbonyl (C=O) groups is 1. The maximum Gasteiger partial charge on any atom is 0.274 e. The molecular formula is C18H25N5O. The maximum absolute atomic E-state index is 13.1. The summed E-state index contributed by atoms with van der Waals surface area (Å²) in [6, 6.07) is 0.274. The fourth-order valence-electron chi connectivity index (χ4n) is 4.08. The number of piperidine rings is 1. The molecule has 1 aliphatic heterocycles. The zero-order chi connectivity index (χ0) is 16.7. The van der Waals surface area contributed by atoms with Crippen LogP contribution in [0.4, 0.5) is 0 Å². The molecule has 0 saturated carbocycles. The number of nitrogens with zero attached hydrogens (tertiary/aromatic N) is 5. The Morgan fingerprint density at radius 1 is 1.25 bits per heavy atom. The van der Waals surface area contributed by atoms with Gasteiger partial charge in [0.15, 0.2) is 5.69 Å². The van der Waals surface area contributed by atoms with Crippen molar-refractivity contribution >= 4 is 5.91 Å². The van der Waals surface area contributed by atoms with Crippen LogP contribution in [0.3, 0.4) is 0 Å². The highest BCUT2D eigenvalue weighted by Gasteiger charge is 2.30. The van der Waals surface area contributed by atoms with Crippen LogP contribution in [0.5, 0.6) is 0 Å². The first-order chi connectivity index (χ1) is 11.6. The molecule has 2 aromatic rings. The first-order valence-corrected chi connectivity index (χ1v) is 8.98. The van der Waals surface area contributed by atoms with Crippen molar-refractivity contribution < 1.29 is 4.79 Å². The summed E-state index contributed by atoms with van der Waals surface area (Å²) in [7, 11) is 1.96. The van der Waals surface area contributed by atoms with E-state index in [4.69, 9.17) is 0 Å². The lowest BCUT2D eigenvalue weighted by Crippen LogP contribution is -2.41. The van der Waals surface area contributed by atoms with Gasteiger partial charge in [0.1, 0.15) is 0 Å². The van der Waals surface area contributed by atoms with Gasteiger partial charge in [-0.25, -0.2) is 0 Å². The average Bonchev–Trinajstić information content (AvgIpc) is 3.19. The van der Waals surface area contributed by atoms with Crippen LogP contribution in [0.2, 0.25) is 0 Å². The Morgan fingerprint density at radius 2 is 2.08 bits per heavy atom. The Hall–Kier alpha value is -2.11. The van der Waals surface area contributed by atoms with Gasteiger partial charge < -0.3 is 4.90 Å². The largest absolute Gasteiger partial charge is 0.335 e. The van der Waals surface area contributed by atoms with E-state index in [0.717, 1.165) is 50.8 Å². The molecule has 2 aliphatic rings. The van der Waals surface area contributed by atoms with E-state index in [1.165, 1.54) is 17.7 Å². The molecule has 128 valence electrons. The summed E-state index contributed by atoms with van der Waals surface area (Å²) in [5, 5.41) is 9.01.